The Hall–Kier alpha value is -2.86. The number of nitrogens with zero attached hydrogens (tertiary/aromatic N) is 1. The van der Waals surface area contributed by atoms with Crippen molar-refractivity contribution in [3.63, 3.8) is 0 Å². The molecule has 5 nitrogen and oxygen atoms in total. The molecular weight excluding hydrogens is 314 g/mol. The lowest BCUT2D eigenvalue weighted by molar-refractivity contribution is 0.0567. The predicted molar refractivity (Wildman–Crippen MR) is 87.2 cm³/mol. The van der Waals surface area contributed by atoms with Crippen LogP contribution >= 0.6 is 11.3 Å². The third kappa shape index (κ3) is 2.53. The summed E-state index contributed by atoms with van der Waals surface area (Å²) in [6, 6.07) is 14.9. The van der Waals surface area contributed by atoms with Gasteiger partial charge in [-0.15, -0.1) is 0 Å². The molecule has 4 aromatic rings. The van der Waals surface area contributed by atoms with Gasteiger partial charge in [0, 0.05) is 11.5 Å². The smallest absolute Gasteiger partial charge is 0.373 e. The normalized spacial score (nSPS) is 11.0. The molecule has 2 heterocycles. The number of benzene rings is 2. The molecule has 114 valence electrons. The van der Waals surface area contributed by atoms with E-state index in [9.17, 15) is 4.79 Å². The van der Waals surface area contributed by atoms with Crippen LogP contribution in [0.5, 0.6) is 10.9 Å². The highest BCUT2D eigenvalue weighted by Gasteiger charge is 2.13. The highest BCUT2D eigenvalue weighted by atomic mass is 32.1. The molecule has 6 heteroatoms. The minimum atomic E-state index is -0.505. The first-order valence-electron chi connectivity index (χ1n) is 6.88. The molecule has 0 N–H and O–H groups in total. The van der Waals surface area contributed by atoms with Crippen LogP contribution in [0.25, 0.3) is 21.2 Å². The van der Waals surface area contributed by atoms with Crippen LogP contribution in [0.3, 0.4) is 0 Å². The van der Waals surface area contributed by atoms with Gasteiger partial charge in [-0.1, -0.05) is 23.5 Å². The number of ether oxygens (including phenoxy) is 2. The standard InChI is InChI=1S/C17H11NO4S/c1-20-16(19)14-8-10-6-7-11(9-13(10)22-14)21-17-18-12-4-2-3-5-15(12)23-17/h2-9H,1H3. The number of para-hydroxylation sites is 1. The van der Waals surface area contributed by atoms with Crippen molar-refractivity contribution >= 4 is 38.5 Å². The Morgan fingerprint density at radius 3 is 2.87 bits per heavy atom. The van der Waals surface area contributed by atoms with Crippen LogP contribution in [-0.4, -0.2) is 18.1 Å². The first kappa shape index (κ1) is 13.8. The van der Waals surface area contributed by atoms with Gasteiger partial charge in [0.05, 0.1) is 17.3 Å². The first-order valence-corrected chi connectivity index (χ1v) is 7.70. The van der Waals surface area contributed by atoms with Crippen molar-refractivity contribution in [3.8, 4) is 10.9 Å². The number of carbonyl (C=O) groups excluding carboxylic acids is 1. The predicted octanol–water partition coefficient (Wildman–Crippen LogP) is 4.62. The van der Waals surface area contributed by atoms with Crippen LogP contribution in [0.1, 0.15) is 10.6 Å². The number of fused-ring (bicyclic) bond motifs is 2. The van der Waals surface area contributed by atoms with Gasteiger partial charge in [0.1, 0.15) is 11.3 Å². The summed E-state index contributed by atoms with van der Waals surface area (Å²) in [6.07, 6.45) is 0. The summed E-state index contributed by atoms with van der Waals surface area (Å²) in [4.78, 5) is 15.9. The molecule has 0 aliphatic carbocycles. The van der Waals surface area contributed by atoms with Gasteiger partial charge in [0.15, 0.2) is 0 Å². The van der Waals surface area contributed by atoms with Crippen LogP contribution in [0.4, 0.5) is 0 Å². The summed E-state index contributed by atoms with van der Waals surface area (Å²) in [6.45, 7) is 0. The summed E-state index contributed by atoms with van der Waals surface area (Å²) in [5, 5.41) is 1.37. The summed E-state index contributed by atoms with van der Waals surface area (Å²) >= 11 is 1.47. The lowest BCUT2D eigenvalue weighted by Gasteiger charge is -2.00. The molecule has 0 spiro atoms. The fourth-order valence-corrected chi connectivity index (χ4v) is 3.11. The Morgan fingerprint density at radius 2 is 2.04 bits per heavy atom. The molecule has 0 amide bonds. The van der Waals surface area contributed by atoms with E-state index in [0.29, 0.717) is 16.5 Å². The quantitative estimate of drug-likeness (QED) is 0.514. The molecule has 0 aliphatic rings. The maximum absolute atomic E-state index is 11.5. The monoisotopic (exact) mass is 325 g/mol. The summed E-state index contributed by atoms with van der Waals surface area (Å²) < 4.78 is 17.0. The molecule has 0 saturated carbocycles. The molecule has 0 unspecified atom stereocenters. The molecule has 0 atom stereocenters. The minimum absolute atomic E-state index is 0.166. The van der Waals surface area contributed by atoms with Gasteiger partial charge in [-0.05, 0) is 30.3 Å². The van der Waals surface area contributed by atoms with Crippen LogP contribution in [0.2, 0.25) is 0 Å². The molecule has 0 saturated heterocycles. The number of furan rings is 1. The van der Waals surface area contributed by atoms with Gasteiger partial charge in [-0.3, -0.25) is 0 Å². The molecule has 0 radical (unpaired) electrons. The van der Waals surface area contributed by atoms with Crippen molar-refractivity contribution in [2.45, 2.75) is 0 Å². The molecular formula is C17H11NO4S. The van der Waals surface area contributed by atoms with E-state index in [0.717, 1.165) is 15.6 Å². The number of esters is 1. The van der Waals surface area contributed by atoms with Gasteiger partial charge in [0.25, 0.3) is 5.19 Å². The number of methoxy groups -OCH3 is 1. The second-order valence-corrected chi connectivity index (χ2v) is 5.84. The molecule has 4 rings (SSSR count). The van der Waals surface area contributed by atoms with Crippen molar-refractivity contribution in [1.29, 1.82) is 0 Å². The van der Waals surface area contributed by atoms with Gasteiger partial charge in [-0.2, -0.15) is 0 Å². The summed E-state index contributed by atoms with van der Waals surface area (Å²) in [7, 11) is 1.32. The Bertz CT molecular complexity index is 985. The summed E-state index contributed by atoms with van der Waals surface area (Å²) in [5.41, 5.74) is 1.46. The van der Waals surface area contributed by atoms with Gasteiger partial charge >= 0.3 is 5.97 Å². The average Bonchev–Trinajstić information content (AvgIpc) is 3.16. The lowest BCUT2D eigenvalue weighted by atomic mass is 10.2. The van der Waals surface area contributed by atoms with Crippen molar-refractivity contribution < 1.29 is 18.7 Å². The van der Waals surface area contributed by atoms with Crippen LogP contribution < -0.4 is 4.74 Å². The number of carbonyl (C=O) groups is 1. The first-order chi connectivity index (χ1) is 11.2. The maximum atomic E-state index is 11.5. The summed E-state index contributed by atoms with van der Waals surface area (Å²) in [5.74, 6) is 0.261. The highest BCUT2D eigenvalue weighted by molar-refractivity contribution is 7.20. The zero-order valence-electron chi connectivity index (χ0n) is 12.1. The van der Waals surface area contributed by atoms with E-state index in [1.54, 1.807) is 12.1 Å². The zero-order chi connectivity index (χ0) is 15.8. The third-order valence-electron chi connectivity index (χ3n) is 3.36. The number of hydrogen-bond donors (Lipinski definition) is 0. The second-order valence-electron chi connectivity index (χ2n) is 4.85. The maximum Gasteiger partial charge on any atom is 0.373 e. The van der Waals surface area contributed by atoms with Crippen molar-refractivity contribution in [3.05, 3.63) is 54.3 Å². The van der Waals surface area contributed by atoms with Crippen molar-refractivity contribution in [1.82, 2.24) is 4.98 Å². The van der Waals surface area contributed by atoms with E-state index < -0.39 is 5.97 Å². The Labute approximate surface area is 135 Å². The van der Waals surface area contributed by atoms with E-state index in [1.807, 2.05) is 36.4 Å². The SMILES string of the molecule is COC(=O)c1cc2ccc(Oc3nc4ccccc4s3)cc2o1. The number of aromatic nitrogens is 1. The fourth-order valence-electron chi connectivity index (χ4n) is 2.27. The Balaban J connectivity index is 1.67. The second kappa shape index (κ2) is 5.40. The third-order valence-corrected chi connectivity index (χ3v) is 4.27. The van der Waals surface area contributed by atoms with E-state index in [1.165, 1.54) is 18.4 Å². The van der Waals surface area contributed by atoms with Gasteiger partial charge < -0.3 is 13.9 Å². The molecule has 2 aromatic carbocycles. The largest absolute Gasteiger partial charge is 0.463 e. The van der Waals surface area contributed by atoms with Crippen LogP contribution in [0, 0.1) is 0 Å². The molecule has 23 heavy (non-hydrogen) atoms. The van der Waals surface area contributed by atoms with Gasteiger partial charge in [0.2, 0.25) is 5.76 Å². The van der Waals surface area contributed by atoms with Gasteiger partial charge in [-0.25, -0.2) is 9.78 Å². The topological polar surface area (TPSA) is 61.6 Å². The van der Waals surface area contributed by atoms with E-state index in [4.69, 9.17) is 9.15 Å². The number of thiazole rings is 1. The molecule has 0 aliphatic heterocycles. The molecule has 0 fully saturated rings. The van der Waals surface area contributed by atoms with E-state index >= 15 is 0 Å². The van der Waals surface area contributed by atoms with E-state index in [-0.39, 0.29) is 5.76 Å². The molecule has 0 bridgehead atoms. The van der Waals surface area contributed by atoms with Crippen LogP contribution in [-0.2, 0) is 4.74 Å². The molecule has 2 aromatic heterocycles. The number of rotatable bonds is 3. The van der Waals surface area contributed by atoms with E-state index in [2.05, 4.69) is 9.72 Å². The highest BCUT2D eigenvalue weighted by Crippen LogP contribution is 2.33. The average molecular weight is 325 g/mol. The Morgan fingerprint density at radius 1 is 1.17 bits per heavy atom. The van der Waals surface area contributed by atoms with Crippen molar-refractivity contribution in [2.75, 3.05) is 7.11 Å². The minimum Gasteiger partial charge on any atom is -0.463 e. The van der Waals surface area contributed by atoms with Crippen LogP contribution in [0.15, 0.2) is 52.9 Å². The van der Waals surface area contributed by atoms with Crippen molar-refractivity contribution in [2.24, 2.45) is 0 Å². The number of hydrogen-bond acceptors (Lipinski definition) is 6. The fraction of sp³-hybridized carbons (Fsp3) is 0.0588. The zero-order valence-corrected chi connectivity index (χ0v) is 12.9. The lowest BCUT2D eigenvalue weighted by Crippen LogP contribution is -1.97. The Kier molecular flexibility index (Phi) is 3.24.